The first-order chi connectivity index (χ1) is 25.5. The number of aryl methyl sites for hydroxylation is 1. The topological polar surface area (TPSA) is 181 Å². The number of hydrazine groups is 1. The SMILES string of the molecule is CC(C)(C)OC(=O)N(OC(C)(C)C)N(c1ccc2cnccc2c1)C(C(=O)O)c1ccc(CCCC(=O)Nc2ccc(S(=O)(=O)C(C)(C)C)c(CN)c2)cc1. The summed E-state index contributed by atoms with van der Waals surface area (Å²) in [5.41, 5.74) is 6.49. The molecule has 13 nitrogen and oxygen atoms in total. The molecule has 0 aliphatic heterocycles. The maximum atomic E-state index is 13.8. The van der Waals surface area contributed by atoms with Crippen LogP contribution in [0.5, 0.6) is 0 Å². The Morgan fingerprint density at radius 2 is 1.55 bits per heavy atom. The molecule has 1 unspecified atom stereocenters. The molecule has 0 saturated carbocycles. The molecule has 0 aliphatic carbocycles. The first kappa shape index (κ1) is 42.7. The zero-order chi connectivity index (χ0) is 40.9. The number of hydrogen-bond acceptors (Lipinski definition) is 10. The van der Waals surface area contributed by atoms with Gasteiger partial charge < -0.3 is 20.9 Å². The monoisotopic (exact) mass is 775 g/mol. The van der Waals surface area contributed by atoms with Gasteiger partial charge in [0.05, 0.1) is 20.9 Å². The van der Waals surface area contributed by atoms with Crippen molar-refractivity contribution in [3.63, 3.8) is 0 Å². The lowest BCUT2D eigenvalue weighted by Crippen LogP contribution is -2.54. The van der Waals surface area contributed by atoms with E-state index in [0.717, 1.165) is 21.5 Å². The number of benzene rings is 3. The van der Waals surface area contributed by atoms with Crippen LogP contribution in [-0.2, 0) is 42.0 Å². The van der Waals surface area contributed by atoms with Crippen molar-refractivity contribution >= 4 is 50.0 Å². The number of hydroxylamine groups is 1. The van der Waals surface area contributed by atoms with E-state index in [1.165, 1.54) is 11.1 Å². The Morgan fingerprint density at radius 3 is 2.13 bits per heavy atom. The second-order valence-corrected chi connectivity index (χ2v) is 18.9. The number of carboxylic acids is 1. The van der Waals surface area contributed by atoms with E-state index >= 15 is 0 Å². The first-order valence-corrected chi connectivity index (χ1v) is 19.5. The van der Waals surface area contributed by atoms with E-state index in [-0.39, 0.29) is 23.8 Å². The van der Waals surface area contributed by atoms with Crippen molar-refractivity contribution in [2.75, 3.05) is 10.3 Å². The van der Waals surface area contributed by atoms with Gasteiger partial charge in [-0.05, 0) is 134 Å². The smallest absolute Gasteiger partial charge is 0.454 e. The van der Waals surface area contributed by atoms with Gasteiger partial charge >= 0.3 is 12.1 Å². The highest BCUT2D eigenvalue weighted by molar-refractivity contribution is 7.92. The molecule has 2 amide bonds. The molecular weight excluding hydrogens is 723 g/mol. The van der Waals surface area contributed by atoms with Gasteiger partial charge in [-0.1, -0.05) is 35.5 Å². The molecule has 0 aliphatic rings. The third-order valence-corrected chi connectivity index (χ3v) is 10.9. The molecule has 1 atom stereocenters. The Bertz CT molecular complexity index is 2120. The third-order valence-electron chi connectivity index (χ3n) is 8.30. The number of carbonyl (C=O) groups excluding carboxylic acids is 2. The van der Waals surface area contributed by atoms with E-state index < -0.39 is 43.9 Å². The highest BCUT2D eigenvalue weighted by atomic mass is 32.2. The Kier molecular flexibility index (Phi) is 13.0. The van der Waals surface area contributed by atoms with Crippen molar-refractivity contribution in [2.45, 2.75) is 115 Å². The number of carbonyl (C=O) groups is 3. The number of rotatable bonds is 13. The number of nitrogens with zero attached hydrogens (tertiary/aromatic N) is 3. The van der Waals surface area contributed by atoms with Gasteiger partial charge in [-0.3, -0.25) is 9.78 Å². The molecule has 4 rings (SSSR count). The highest BCUT2D eigenvalue weighted by Gasteiger charge is 2.40. The maximum absolute atomic E-state index is 13.8. The van der Waals surface area contributed by atoms with Crippen molar-refractivity contribution in [3.05, 3.63) is 95.8 Å². The fourth-order valence-corrected chi connectivity index (χ4v) is 7.04. The van der Waals surface area contributed by atoms with Gasteiger partial charge in [0.1, 0.15) is 5.60 Å². The van der Waals surface area contributed by atoms with Crippen LogP contribution in [-0.4, -0.2) is 57.6 Å². The lowest BCUT2D eigenvalue weighted by molar-refractivity contribution is -0.221. The number of nitrogens with two attached hydrogens (primary N) is 1. The molecule has 0 radical (unpaired) electrons. The predicted octanol–water partition coefficient (Wildman–Crippen LogP) is 7.74. The first-order valence-electron chi connectivity index (χ1n) is 18.0. The van der Waals surface area contributed by atoms with E-state index in [9.17, 15) is 27.9 Å². The number of nitrogens with one attached hydrogen (secondary N) is 1. The largest absolute Gasteiger partial charge is 0.479 e. The molecule has 0 fully saturated rings. The Hall–Kier alpha value is -5.05. The van der Waals surface area contributed by atoms with Crippen LogP contribution in [0.3, 0.4) is 0 Å². The Balaban J connectivity index is 1.57. The van der Waals surface area contributed by atoms with E-state index in [0.29, 0.717) is 35.3 Å². The minimum absolute atomic E-state index is 0.00648. The highest BCUT2D eigenvalue weighted by Crippen LogP contribution is 2.35. The van der Waals surface area contributed by atoms with Crippen LogP contribution in [0.25, 0.3) is 10.8 Å². The zero-order valence-electron chi connectivity index (χ0n) is 33.0. The summed E-state index contributed by atoms with van der Waals surface area (Å²) in [4.78, 5) is 50.4. The van der Waals surface area contributed by atoms with Gasteiger partial charge in [0.25, 0.3) is 0 Å². The van der Waals surface area contributed by atoms with Crippen molar-refractivity contribution in [1.29, 1.82) is 0 Å². The molecule has 296 valence electrons. The molecule has 1 heterocycles. The fourth-order valence-electron chi connectivity index (χ4n) is 5.64. The van der Waals surface area contributed by atoms with Crippen molar-refractivity contribution in [3.8, 4) is 0 Å². The second kappa shape index (κ2) is 16.8. The van der Waals surface area contributed by atoms with Gasteiger partial charge in [0.15, 0.2) is 15.9 Å². The zero-order valence-corrected chi connectivity index (χ0v) is 33.9. The van der Waals surface area contributed by atoms with Crippen molar-refractivity contribution in [2.24, 2.45) is 5.73 Å². The van der Waals surface area contributed by atoms with Gasteiger partial charge in [0, 0.05) is 36.4 Å². The predicted molar refractivity (Wildman–Crippen MR) is 213 cm³/mol. The number of sulfone groups is 1. The average molecular weight is 776 g/mol. The summed E-state index contributed by atoms with van der Waals surface area (Å²) in [5.74, 6) is -1.49. The average Bonchev–Trinajstić information content (AvgIpc) is 3.08. The van der Waals surface area contributed by atoms with Gasteiger partial charge in [-0.15, -0.1) is 0 Å². The number of ether oxygens (including phenoxy) is 1. The molecular formula is C41H53N5O8S. The van der Waals surface area contributed by atoms with Crippen LogP contribution in [0, 0.1) is 0 Å². The summed E-state index contributed by atoms with van der Waals surface area (Å²) >= 11 is 0. The quantitative estimate of drug-likeness (QED) is 0.113. The van der Waals surface area contributed by atoms with Crippen molar-refractivity contribution in [1.82, 2.24) is 10.2 Å². The number of hydrogen-bond donors (Lipinski definition) is 3. The number of amides is 2. The molecule has 0 saturated heterocycles. The number of carboxylic acid groups (broad SMARTS) is 1. The summed E-state index contributed by atoms with van der Waals surface area (Å²) < 4.78 is 30.8. The van der Waals surface area contributed by atoms with Crippen molar-refractivity contribution < 1.29 is 37.5 Å². The molecule has 4 aromatic rings. The summed E-state index contributed by atoms with van der Waals surface area (Å²) in [5, 5.41) is 17.4. The number of aliphatic carboxylic acids is 1. The lowest BCUT2D eigenvalue weighted by atomic mass is 10.0. The Labute approximate surface area is 323 Å². The molecule has 55 heavy (non-hydrogen) atoms. The molecule has 4 N–H and O–H groups in total. The van der Waals surface area contributed by atoms with Gasteiger partial charge in [-0.2, -0.15) is 0 Å². The minimum atomic E-state index is -3.63. The van der Waals surface area contributed by atoms with E-state index in [2.05, 4.69) is 10.3 Å². The molecule has 0 bridgehead atoms. The van der Waals surface area contributed by atoms with Crippen LogP contribution in [0.15, 0.2) is 84.0 Å². The standard InChI is InChI=1S/C41H53N5O8S/c1-39(2,3)53-38(50)46(54-40(4,5)6)45(33-19-17-30-26-43-22-21-29(30)24-33)36(37(48)49)28-15-13-27(14-16-28)11-10-12-35(47)44-32-18-20-34(31(23-32)25-42)55(51,52)41(7,8)9/h13-24,26,36H,10-12,25,42H2,1-9H3,(H,44,47)(H,48,49). The van der Waals surface area contributed by atoms with Crippen LogP contribution in [0.4, 0.5) is 16.2 Å². The summed E-state index contributed by atoms with van der Waals surface area (Å²) in [7, 11) is -3.63. The van der Waals surface area contributed by atoms with E-state index in [4.69, 9.17) is 15.3 Å². The minimum Gasteiger partial charge on any atom is -0.479 e. The fraction of sp³-hybridized carbons (Fsp3) is 0.415. The van der Waals surface area contributed by atoms with Gasteiger partial charge in [0.2, 0.25) is 5.91 Å². The maximum Gasteiger partial charge on any atom is 0.454 e. The molecule has 0 spiro atoms. The summed E-state index contributed by atoms with van der Waals surface area (Å²) in [6, 6.07) is 17.2. The number of anilines is 2. The summed E-state index contributed by atoms with van der Waals surface area (Å²) in [6.07, 6.45) is 3.60. The normalized spacial score (nSPS) is 12.9. The summed E-state index contributed by atoms with van der Waals surface area (Å²) in [6.45, 7) is 15.2. The third kappa shape index (κ3) is 11.0. The number of fused-ring (bicyclic) bond motifs is 1. The van der Waals surface area contributed by atoms with E-state index in [1.807, 2.05) is 0 Å². The van der Waals surface area contributed by atoms with E-state index in [1.54, 1.807) is 135 Å². The lowest BCUT2D eigenvalue weighted by Gasteiger charge is -2.41. The van der Waals surface area contributed by atoms with Gasteiger partial charge in [-0.25, -0.2) is 27.9 Å². The van der Waals surface area contributed by atoms with Crippen LogP contribution in [0.2, 0.25) is 0 Å². The molecule has 1 aromatic heterocycles. The Morgan fingerprint density at radius 1 is 0.873 bits per heavy atom. The van der Waals surface area contributed by atoms with Crippen LogP contribution in [0.1, 0.15) is 97.9 Å². The van der Waals surface area contributed by atoms with Crippen LogP contribution >= 0.6 is 0 Å². The number of aromatic nitrogens is 1. The molecule has 3 aromatic carbocycles. The van der Waals surface area contributed by atoms with Crippen LogP contribution < -0.4 is 16.1 Å². The number of pyridine rings is 1. The second-order valence-electron chi connectivity index (χ2n) is 16.2. The molecule has 14 heteroatoms.